The van der Waals surface area contributed by atoms with Crippen LogP contribution in [0.15, 0.2) is 17.0 Å². The lowest BCUT2D eigenvalue weighted by atomic mass is 10.0. The molecule has 0 aliphatic carbocycles. The molecule has 5 nitrogen and oxygen atoms in total. The zero-order chi connectivity index (χ0) is 15.5. The number of sulfonamides is 1. The van der Waals surface area contributed by atoms with E-state index in [2.05, 4.69) is 4.72 Å². The fraction of sp³-hybridized carbons (Fsp3) is 0.538. The van der Waals surface area contributed by atoms with Crippen molar-refractivity contribution in [3.63, 3.8) is 0 Å². The predicted octanol–water partition coefficient (Wildman–Crippen LogP) is 2.19. The molecule has 0 amide bonds. The number of rotatable bonds is 5. The SMILES string of the molecule is O=S(=O)(NCC1CCOCC1)c1ccc(Cl)c(CO)c1Cl. The van der Waals surface area contributed by atoms with Crippen molar-refractivity contribution in [1.82, 2.24) is 4.72 Å². The molecule has 1 aromatic rings. The van der Waals surface area contributed by atoms with Crippen LogP contribution in [0.25, 0.3) is 0 Å². The lowest BCUT2D eigenvalue weighted by Gasteiger charge is -2.22. The van der Waals surface area contributed by atoms with Gasteiger partial charge >= 0.3 is 0 Å². The van der Waals surface area contributed by atoms with E-state index in [0.717, 1.165) is 12.8 Å². The summed E-state index contributed by atoms with van der Waals surface area (Å²) in [6, 6.07) is 2.76. The number of hydrogen-bond donors (Lipinski definition) is 2. The summed E-state index contributed by atoms with van der Waals surface area (Å²) in [6.45, 7) is 1.24. The van der Waals surface area contributed by atoms with Gasteiger partial charge in [0.2, 0.25) is 10.0 Å². The molecule has 2 rings (SSSR count). The first-order valence-electron chi connectivity index (χ1n) is 6.61. The zero-order valence-electron chi connectivity index (χ0n) is 11.3. The van der Waals surface area contributed by atoms with Crippen LogP contribution in [0.3, 0.4) is 0 Å². The molecule has 1 saturated heterocycles. The lowest BCUT2D eigenvalue weighted by molar-refractivity contribution is 0.0678. The van der Waals surface area contributed by atoms with E-state index in [1.54, 1.807) is 0 Å². The highest BCUT2D eigenvalue weighted by molar-refractivity contribution is 7.89. The molecule has 0 bridgehead atoms. The molecule has 1 heterocycles. The normalized spacial score (nSPS) is 17.1. The molecule has 1 aliphatic heterocycles. The predicted molar refractivity (Wildman–Crippen MR) is 81.1 cm³/mol. The maximum Gasteiger partial charge on any atom is 0.242 e. The van der Waals surface area contributed by atoms with E-state index in [0.29, 0.717) is 19.8 Å². The second kappa shape index (κ2) is 7.26. The van der Waals surface area contributed by atoms with E-state index in [1.165, 1.54) is 12.1 Å². The van der Waals surface area contributed by atoms with Gasteiger partial charge in [0, 0.05) is 30.3 Å². The summed E-state index contributed by atoms with van der Waals surface area (Å²) in [4.78, 5) is -0.0651. The number of halogens is 2. The molecule has 1 fully saturated rings. The van der Waals surface area contributed by atoms with Crippen molar-refractivity contribution in [2.24, 2.45) is 5.92 Å². The van der Waals surface area contributed by atoms with E-state index in [9.17, 15) is 13.5 Å². The Hall–Kier alpha value is -0.370. The van der Waals surface area contributed by atoms with Gasteiger partial charge in [-0.25, -0.2) is 13.1 Å². The average Bonchev–Trinajstić information content (AvgIpc) is 2.46. The molecule has 0 saturated carbocycles. The van der Waals surface area contributed by atoms with E-state index in [1.807, 2.05) is 0 Å². The van der Waals surface area contributed by atoms with Crippen molar-refractivity contribution in [2.75, 3.05) is 19.8 Å². The van der Waals surface area contributed by atoms with Crippen molar-refractivity contribution < 1.29 is 18.3 Å². The van der Waals surface area contributed by atoms with Gasteiger partial charge < -0.3 is 9.84 Å². The molecule has 2 N–H and O–H groups in total. The molecule has 0 unspecified atom stereocenters. The third-order valence-corrected chi connectivity index (χ3v) is 5.86. The Morgan fingerprint density at radius 1 is 1.29 bits per heavy atom. The van der Waals surface area contributed by atoms with Gasteiger partial charge in [-0.3, -0.25) is 0 Å². The van der Waals surface area contributed by atoms with Crippen LogP contribution in [0.2, 0.25) is 10.0 Å². The standard InChI is InChI=1S/C13H17Cl2NO4S/c14-11-1-2-12(13(15)10(11)8-17)21(18,19)16-7-9-3-5-20-6-4-9/h1-2,9,16-17H,3-8H2. The van der Waals surface area contributed by atoms with Crippen molar-refractivity contribution >= 4 is 33.2 Å². The molecule has 0 atom stereocenters. The van der Waals surface area contributed by atoms with Crippen LogP contribution >= 0.6 is 23.2 Å². The molecular formula is C13H17Cl2NO4S. The second-order valence-electron chi connectivity index (χ2n) is 4.90. The van der Waals surface area contributed by atoms with E-state index in [4.69, 9.17) is 27.9 Å². The van der Waals surface area contributed by atoms with Crippen LogP contribution in [0.4, 0.5) is 0 Å². The summed E-state index contributed by atoms with van der Waals surface area (Å²) in [5.41, 5.74) is 0.215. The number of ether oxygens (including phenoxy) is 1. The minimum Gasteiger partial charge on any atom is -0.392 e. The highest BCUT2D eigenvalue weighted by Gasteiger charge is 2.23. The zero-order valence-corrected chi connectivity index (χ0v) is 13.6. The van der Waals surface area contributed by atoms with Gasteiger partial charge in [0.15, 0.2) is 0 Å². The Morgan fingerprint density at radius 2 is 1.95 bits per heavy atom. The molecule has 1 aromatic carbocycles. The van der Waals surface area contributed by atoms with Crippen LogP contribution in [0.5, 0.6) is 0 Å². The molecule has 118 valence electrons. The van der Waals surface area contributed by atoms with Crippen LogP contribution < -0.4 is 4.72 Å². The number of nitrogens with one attached hydrogen (secondary N) is 1. The van der Waals surface area contributed by atoms with Crippen LogP contribution in [0.1, 0.15) is 18.4 Å². The lowest BCUT2D eigenvalue weighted by Crippen LogP contribution is -2.32. The van der Waals surface area contributed by atoms with Gasteiger partial charge in [0.25, 0.3) is 0 Å². The highest BCUT2D eigenvalue weighted by atomic mass is 35.5. The van der Waals surface area contributed by atoms with Gasteiger partial charge in [0.1, 0.15) is 4.90 Å². The van der Waals surface area contributed by atoms with Crippen LogP contribution in [-0.2, 0) is 21.4 Å². The second-order valence-corrected chi connectivity index (χ2v) is 7.42. The Balaban J connectivity index is 2.15. The summed E-state index contributed by atoms with van der Waals surface area (Å²) in [7, 11) is -3.73. The monoisotopic (exact) mass is 353 g/mol. The molecular weight excluding hydrogens is 337 g/mol. The van der Waals surface area contributed by atoms with Crippen molar-refractivity contribution in [3.8, 4) is 0 Å². The first-order valence-corrected chi connectivity index (χ1v) is 8.84. The topological polar surface area (TPSA) is 75.6 Å². The first-order chi connectivity index (χ1) is 9.95. The number of hydrogen-bond acceptors (Lipinski definition) is 4. The molecule has 21 heavy (non-hydrogen) atoms. The average molecular weight is 354 g/mol. The van der Waals surface area contributed by atoms with Crippen molar-refractivity contribution in [3.05, 3.63) is 27.7 Å². The molecule has 0 radical (unpaired) electrons. The molecule has 8 heteroatoms. The molecule has 0 aromatic heterocycles. The smallest absolute Gasteiger partial charge is 0.242 e. The largest absolute Gasteiger partial charge is 0.392 e. The Kier molecular flexibility index (Phi) is 5.88. The fourth-order valence-corrected chi connectivity index (χ4v) is 4.20. The number of benzene rings is 1. The van der Waals surface area contributed by atoms with E-state index >= 15 is 0 Å². The Morgan fingerprint density at radius 3 is 2.57 bits per heavy atom. The molecule has 0 spiro atoms. The number of aliphatic hydroxyl groups excluding tert-OH is 1. The summed E-state index contributed by atoms with van der Waals surface area (Å²) in [6.07, 6.45) is 1.66. The van der Waals surface area contributed by atoms with Gasteiger partial charge in [-0.05, 0) is 30.9 Å². The third-order valence-electron chi connectivity index (χ3n) is 3.50. The summed E-state index contributed by atoms with van der Waals surface area (Å²) < 4.78 is 32.4. The van der Waals surface area contributed by atoms with E-state index < -0.39 is 16.6 Å². The maximum absolute atomic E-state index is 12.3. The van der Waals surface area contributed by atoms with Gasteiger partial charge in [0.05, 0.1) is 11.6 Å². The van der Waals surface area contributed by atoms with Gasteiger partial charge in [-0.15, -0.1) is 0 Å². The quantitative estimate of drug-likeness (QED) is 0.850. The number of aliphatic hydroxyl groups is 1. The van der Waals surface area contributed by atoms with Gasteiger partial charge in [-0.1, -0.05) is 23.2 Å². The summed E-state index contributed by atoms with van der Waals surface area (Å²) in [5.74, 6) is 0.261. The Bertz CT molecular complexity index is 600. The first kappa shape index (κ1) is 17.0. The minimum absolute atomic E-state index is 0.0375. The van der Waals surface area contributed by atoms with Gasteiger partial charge in [-0.2, -0.15) is 0 Å². The molecule has 1 aliphatic rings. The maximum atomic E-state index is 12.3. The van der Waals surface area contributed by atoms with Crippen LogP contribution in [0, 0.1) is 5.92 Å². The Labute approximate surface area is 134 Å². The van der Waals surface area contributed by atoms with Crippen molar-refractivity contribution in [1.29, 1.82) is 0 Å². The fourth-order valence-electron chi connectivity index (χ4n) is 2.18. The van der Waals surface area contributed by atoms with Crippen molar-refractivity contribution in [2.45, 2.75) is 24.3 Å². The van der Waals surface area contributed by atoms with Crippen LogP contribution in [-0.4, -0.2) is 33.3 Å². The minimum atomic E-state index is -3.73. The third kappa shape index (κ3) is 4.09. The summed E-state index contributed by atoms with van der Waals surface area (Å²) >= 11 is 11.9. The highest BCUT2D eigenvalue weighted by Crippen LogP contribution is 2.31. The van der Waals surface area contributed by atoms with E-state index in [-0.39, 0.29) is 26.4 Å². The summed E-state index contributed by atoms with van der Waals surface area (Å²) in [5, 5.41) is 9.43.